The predicted molar refractivity (Wildman–Crippen MR) is 106 cm³/mol. The quantitative estimate of drug-likeness (QED) is 0.335. The van der Waals surface area contributed by atoms with E-state index in [0.717, 1.165) is 24.0 Å². The number of piperidine rings is 1. The van der Waals surface area contributed by atoms with Gasteiger partial charge in [0.1, 0.15) is 12.2 Å². The third kappa shape index (κ3) is 4.08. The Bertz CT molecular complexity index is 1120. The highest BCUT2D eigenvalue weighted by atomic mass is 19.4. The number of aryl methyl sites for hydroxylation is 1. The summed E-state index contributed by atoms with van der Waals surface area (Å²) in [4.78, 5) is 8.89. The smallest absolute Gasteiger partial charge is 0.380 e. The van der Waals surface area contributed by atoms with Gasteiger partial charge in [-0.15, -0.1) is 10.2 Å². The Hall–Kier alpha value is -3.48. The number of alkyl halides is 3. The Morgan fingerprint density at radius 2 is 1.90 bits per heavy atom. The van der Waals surface area contributed by atoms with Gasteiger partial charge >= 0.3 is 6.18 Å². The number of rotatable bonds is 3. The van der Waals surface area contributed by atoms with Crippen molar-refractivity contribution in [2.45, 2.75) is 24.9 Å². The van der Waals surface area contributed by atoms with Crippen molar-refractivity contribution in [1.29, 1.82) is 0 Å². The van der Waals surface area contributed by atoms with E-state index in [9.17, 15) is 17.6 Å². The zero-order chi connectivity index (χ0) is 22.2. The molecule has 1 aliphatic heterocycles. The van der Waals surface area contributed by atoms with Crippen LogP contribution in [0.3, 0.4) is 0 Å². The zero-order valence-electron chi connectivity index (χ0n) is 16.6. The van der Waals surface area contributed by atoms with Crippen LogP contribution in [-0.2, 0) is 13.2 Å². The van der Waals surface area contributed by atoms with Gasteiger partial charge in [-0.3, -0.25) is 0 Å². The van der Waals surface area contributed by atoms with Crippen molar-refractivity contribution in [3.05, 3.63) is 65.5 Å². The molecule has 6 nitrogen and oxygen atoms in total. The van der Waals surface area contributed by atoms with Crippen LogP contribution in [0.1, 0.15) is 30.1 Å². The predicted octanol–water partition coefficient (Wildman–Crippen LogP) is 4.97. The molecular formula is C21H18F4N6. The second-order valence-corrected chi connectivity index (χ2v) is 7.43. The fourth-order valence-electron chi connectivity index (χ4n) is 3.98. The maximum absolute atomic E-state index is 13.5. The number of halogens is 4. The van der Waals surface area contributed by atoms with Gasteiger partial charge in [-0.1, -0.05) is 0 Å². The number of aromatic nitrogens is 4. The SMILES string of the molecule is [C-]#[N+]c1cc(C(F)(F)F)cc(-c2ccc(F)nc2)c1N1CCC(c2nncn2C)CC1. The van der Waals surface area contributed by atoms with Gasteiger partial charge in [-0.25, -0.2) is 9.83 Å². The first-order valence-electron chi connectivity index (χ1n) is 9.61. The van der Waals surface area contributed by atoms with Crippen LogP contribution >= 0.6 is 0 Å². The first-order chi connectivity index (χ1) is 14.8. The minimum Gasteiger partial charge on any atom is -0.380 e. The lowest BCUT2D eigenvalue weighted by Gasteiger charge is -2.35. The van der Waals surface area contributed by atoms with Gasteiger partial charge in [0.25, 0.3) is 0 Å². The van der Waals surface area contributed by atoms with E-state index in [4.69, 9.17) is 6.57 Å². The standard InChI is InChI=1S/C21H18F4N6/c1-26-17-10-15(21(23,24)25)9-16(14-3-4-18(22)27-11-14)19(17)31-7-5-13(6-8-31)20-29-28-12-30(20)2/h3-4,9-13H,5-8H2,2H3. The highest BCUT2D eigenvalue weighted by Crippen LogP contribution is 2.45. The van der Waals surface area contributed by atoms with E-state index < -0.39 is 17.7 Å². The summed E-state index contributed by atoms with van der Waals surface area (Å²) in [7, 11) is 1.87. The topological polar surface area (TPSA) is 51.2 Å². The van der Waals surface area contributed by atoms with Crippen molar-refractivity contribution < 1.29 is 17.6 Å². The minimum atomic E-state index is -4.61. The maximum atomic E-state index is 13.5. The number of benzene rings is 1. The van der Waals surface area contributed by atoms with Crippen LogP contribution in [0.4, 0.5) is 28.9 Å². The van der Waals surface area contributed by atoms with Crippen LogP contribution in [0.15, 0.2) is 36.8 Å². The average Bonchev–Trinajstić information content (AvgIpc) is 3.18. The van der Waals surface area contributed by atoms with Gasteiger partial charge in [0.15, 0.2) is 0 Å². The van der Waals surface area contributed by atoms with Crippen LogP contribution in [0.2, 0.25) is 0 Å². The van der Waals surface area contributed by atoms with Crippen molar-refractivity contribution in [3.63, 3.8) is 0 Å². The Labute approximate surface area is 176 Å². The molecule has 0 unspecified atom stereocenters. The molecule has 0 bridgehead atoms. The molecule has 0 spiro atoms. The molecule has 10 heteroatoms. The van der Waals surface area contributed by atoms with Crippen LogP contribution in [0.5, 0.6) is 0 Å². The van der Waals surface area contributed by atoms with Crippen LogP contribution < -0.4 is 4.90 Å². The van der Waals surface area contributed by atoms with Gasteiger partial charge in [0, 0.05) is 43.4 Å². The molecule has 0 saturated carbocycles. The van der Waals surface area contributed by atoms with E-state index in [0.29, 0.717) is 37.2 Å². The van der Waals surface area contributed by atoms with Crippen molar-refractivity contribution in [2.24, 2.45) is 7.05 Å². The number of hydrogen-bond acceptors (Lipinski definition) is 4. The molecule has 0 radical (unpaired) electrons. The second-order valence-electron chi connectivity index (χ2n) is 7.43. The van der Waals surface area contributed by atoms with E-state index in [1.807, 2.05) is 16.5 Å². The molecule has 3 heterocycles. The minimum absolute atomic E-state index is 0.0914. The molecule has 1 aromatic carbocycles. The Kier molecular flexibility index (Phi) is 5.35. The average molecular weight is 430 g/mol. The molecule has 4 rings (SSSR count). The summed E-state index contributed by atoms with van der Waals surface area (Å²) in [5.41, 5.74) is -0.0668. The van der Waals surface area contributed by atoms with E-state index in [2.05, 4.69) is 20.0 Å². The number of hydrogen-bond donors (Lipinski definition) is 0. The summed E-state index contributed by atoms with van der Waals surface area (Å²) in [6.45, 7) is 8.58. The molecule has 160 valence electrons. The van der Waals surface area contributed by atoms with Crippen LogP contribution in [0, 0.1) is 12.5 Å². The fraction of sp³-hybridized carbons (Fsp3) is 0.333. The lowest BCUT2D eigenvalue weighted by Crippen LogP contribution is -2.34. The highest BCUT2D eigenvalue weighted by Gasteiger charge is 2.34. The monoisotopic (exact) mass is 430 g/mol. The molecule has 1 saturated heterocycles. The van der Waals surface area contributed by atoms with E-state index >= 15 is 0 Å². The summed E-state index contributed by atoms with van der Waals surface area (Å²) in [5, 5.41) is 8.07. The zero-order valence-corrected chi connectivity index (χ0v) is 16.6. The van der Waals surface area contributed by atoms with Crippen molar-refractivity contribution in [2.75, 3.05) is 18.0 Å². The summed E-state index contributed by atoms with van der Waals surface area (Å²) >= 11 is 0. The molecule has 0 atom stereocenters. The first-order valence-corrected chi connectivity index (χ1v) is 9.61. The molecule has 3 aromatic rings. The third-order valence-electron chi connectivity index (χ3n) is 5.50. The lowest BCUT2D eigenvalue weighted by molar-refractivity contribution is -0.137. The summed E-state index contributed by atoms with van der Waals surface area (Å²) in [6, 6.07) is 4.35. The number of nitrogens with zero attached hydrogens (tertiary/aromatic N) is 6. The largest absolute Gasteiger partial charge is 0.415 e. The normalized spacial score (nSPS) is 15.2. The summed E-state index contributed by atoms with van der Waals surface area (Å²) < 4.78 is 55.6. The third-order valence-corrected chi connectivity index (χ3v) is 5.50. The van der Waals surface area contributed by atoms with Crippen molar-refractivity contribution in [1.82, 2.24) is 19.7 Å². The molecule has 31 heavy (non-hydrogen) atoms. The molecule has 0 aliphatic carbocycles. The highest BCUT2D eigenvalue weighted by molar-refractivity contribution is 5.89. The molecule has 0 N–H and O–H groups in total. The second kappa shape index (κ2) is 7.98. The van der Waals surface area contributed by atoms with Crippen molar-refractivity contribution in [3.8, 4) is 11.1 Å². The summed E-state index contributed by atoms with van der Waals surface area (Å²) in [5.74, 6) is 0.304. The molecule has 0 amide bonds. The van der Waals surface area contributed by atoms with Gasteiger partial charge < -0.3 is 9.47 Å². The maximum Gasteiger partial charge on any atom is 0.415 e. The first kappa shape index (κ1) is 20.8. The van der Waals surface area contributed by atoms with Gasteiger partial charge in [0.05, 0.1) is 12.3 Å². The van der Waals surface area contributed by atoms with Gasteiger partial charge in [-0.2, -0.15) is 17.6 Å². The lowest BCUT2D eigenvalue weighted by atomic mass is 9.93. The number of pyridine rings is 1. The van der Waals surface area contributed by atoms with Gasteiger partial charge in [-0.05, 0) is 42.7 Å². The molecule has 1 fully saturated rings. The van der Waals surface area contributed by atoms with Crippen LogP contribution in [0.25, 0.3) is 16.0 Å². The number of anilines is 1. The van der Waals surface area contributed by atoms with Crippen molar-refractivity contribution >= 4 is 11.4 Å². The molecule has 2 aromatic heterocycles. The van der Waals surface area contributed by atoms with E-state index in [1.165, 1.54) is 12.3 Å². The Balaban J connectivity index is 1.75. The van der Waals surface area contributed by atoms with E-state index in [-0.39, 0.29) is 17.2 Å². The van der Waals surface area contributed by atoms with Crippen LogP contribution in [-0.4, -0.2) is 32.8 Å². The Morgan fingerprint density at radius 1 is 1.16 bits per heavy atom. The fourth-order valence-corrected chi connectivity index (χ4v) is 3.98. The summed E-state index contributed by atoms with van der Waals surface area (Å²) in [6.07, 6.45) is -0.362. The molecular weight excluding hydrogens is 412 g/mol. The van der Waals surface area contributed by atoms with Gasteiger partial charge in [0.2, 0.25) is 11.6 Å². The molecule has 1 aliphatic rings. The Morgan fingerprint density at radius 3 is 2.45 bits per heavy atom. The van der Waals surface area contributed by atoms with E-state index in [1.54, 1.807) is 6.33 Å².